The molecule has 1 heterocycles. The molecule has 0 aromatic heterocycles. The Hall–Kier alpha value is -2.08. The number of guanidine groups is 1. The fraction of sp³-hybridized carbons (Fsp3) is 0.385. The van der Waals surface area contributed by atoms with E-state index in [0.29, 0.717) is 31.3 Å². The van der Waals surface area contributed by atoms with Crippen LogP contribution in [0.3, 0.4) is 0 Å². The molecule has 0 unspecified atom stereocenters. The molecular formula is C13H18N4O2. The van der Waals surface area contributed by atoms with Crippen LogP contribution in [0.2, 0.25) is 0 Å². The lowest BCUT2D eigenvalue weighted by atomic mass is 10.1. The fourth-order valence-electron chi connectivity index (χ4n) is 1.89. The first kappa shape index (κ1) is 13.4. The van der Waals surface area contributed by atoms with E-state index < -0.39 is 5.91 Å². The summed E-state index contributed by atoms with van der Waals surface area (Å²) < 4.78 is 5.25. The summed E-state index contributed by atoms with van der Waals surface area (Å²) in [4.78, 5) is 17.4. The Kier molecular flexibility index (Phi) is 4.35. The molecule has 1 saturated heterocycles. The number of ether oxygens (including phenoxy) is 1. The van der Waals surface area contributed by atoms with E-state index in [1.54, 1.807) is 18.2 Å². The number of amides is 1. The highest BCUT2D eigenvalue weighted by Gasteiger charge is 2.11. The second-order valence-electron chi connectivity index (χ2n) is 4.34. The number of morpholine rings is 1. The summed E-state index contributed by atoms with van der Waals surface area (Å²) >= 11 is 0. The van der Waals surface area contributed by atoms with Gasteiger partial charge in [0, 0.05) is 18.7 Å². The van der Waals surface area contributed by atoms with Crippen LogP contribution < -0.4 is 11.5 Å². The highest BCUT2D eigenvalue weighted by Crippen LogP contribution is 2.06. The molecular weight excluding hydrogens is 244 g/mol. The number of nitrogens with zero attached hydrogens (tertiary/aromatic N) is 2. The minimum atomic E-state index is -0.438. The Bertz CT molecular complexity index is 481. The number of aliphatic imine (C=N–C) groups is 1. The van der Waals surface area contributed by atoms with Crippen LogP contribution in [-0.2, 0) is 11.3 Å². The van der Waals surface area contributed by atoms with Crippen molar-refractivity contribution in [1.29, 1.82) is 0 Å². The van der Waals surface area contributed by atoms with Gasteiger partial charge in [-0.1, -0.05) is 12.1 Å². The van der Waals surface area contributed by atoms with Crippen LogP contribution in [0.4, 0.5) is 0 Å². The standard InChI is InChI=1S/C13H18N4O2/c14-12(18)11-3-1-2-10(8-11)9-16-13(15)17-4-6-19-7-5-17/h1-3,8H,4-7,9H2,(H2,14,18)(H2,15,16). The van der Waals surface area contributed by atoms with Crippen molar-refractivity contribution in [2.75, 3.05) is 26.3 Å². The molecule has 0 radical (unpaired) electrons. The fourth-order valence-corrected chi connectivity index (χ4v) is 1.89. The molecule has 6 heteroatoms. The van der Waals surface area contributed by atoms with E-state index >= 15 is 0 Å². The molecule has 0 bridgehead atoms. The van der Waals surface area contributed by atoms with Crippen molar-refractivity contribution < 1.29 is 9.53 Å². The van der Waals surface area contributed by atoms with Gasteiger partial charge in [0.05, 0.1) is 19.8 Å². The first-order valence-electron chi connectivity index (χ1n) is 6.18. The molecule has 1 aromatic carbocycles. The lowest BCUT2D eigenvalue weighted by molar-refractivity contribution is 0.0674. The minimum absolute atomic E-state index is 0.435. The monoisotopic (exact) mass is 262 g/mol. The van der Waals surface area contributed by atoms with Crippen LogP contribution in [0.15, 0.2) is 29.3 Å². The molecule has 1 fully saturated rings. The number of hydrogen-bond acceptors (Lipinski definition) is 3. The Morgan fingerprint density at radius 3 is 2.74 bits per heavy atom. The van der Waals surface area contributed by atoms with E-state index in [2.05, 4.69) is 4.99 Å². The van der Waals surface area contributed by atoms with Gasteiger partial charge in [-0.05, 0) is 17.7 Å². The minimum Gasteiger partial charge on any atom is -0.378 e. The van der Waals surface area contributed by atoms with Gasteiger partial charge in [0.25, 0.3) is 0 Å². The zero-order chi connectivity index (χ0) is 13.7. The summed E-state index contributed by atoms with van der Waals surface area (Å²) in [5.74, 6) is 0.0692. The molecule has 6 nitrogen and oxygen atoms in total. The van der Waals surface area contributed by atoms with Crippen molar-refractivity contribution in [3.8, 4) is 0 Å². The van der Waals surface area contributed by atoms with Crippen LogP contribution in [0.25, 0.3) is 0 Å². The van der Waals surface area contributed by atoms with Crippen molar-refractivity contribution in [2.45, 2.75) is 6.54 Å². The first-order valence-corrected chi connectivity index (χ1v) is 6.18. The molecule has 0 atom stereocenters. The SMILES string of the molecule is NC(=O)c1cccc(CN=C(N)N2CCOCC2)c1. The number of primary amides is 1. The third-order valence-corrected chi connectivity index (χ3v) is 2.97. The highest BCUT2D eigenvalue weighted by atomic mass is 16.5. The van der Waals surface area contributed by atoms with Crippen molar-refractivity contribution in [3.05, 3.63) is 35.4 Å². The maximum Gasteiger partial charge on any atom is 0.248 e. The average molecular weight is 262 g/mol. The molecule has 4 N–H and O–H groups in total. The molecule has 102 valence electrons. The summed E-state index contributed by atoms with van der Waals surface area (Å²) in [5, 5.41) is 0. The maximum absolute atomic E-state index is 11.1. The molecule has 1 aromatic rings. The van der Waals surface area contributed by atoms with E-state index in [9.17, 15) is 4.79 Å². The van der Waals surface area contributed by atoms with Gasteiger partial charge in [-0.25, -0.2) is 4.99 Å². The van der Waals surface area contributed by atoms with Gasteiger partial charge in [0.2, 0.25) is 5.91 Å². The maximum atomic E-state index is 11.1. The Morgan fingerprint density at radius 2 is 2.05 bits per heavy atom. The van der Waals surface area contributed by atoms with Gasteiger partial charge in [-0.2, -0.15) is 0 Å². The van der Waals surface area contributed by atoms with Crippen molar-refractivity contribution in [3.63, 3.8) is 0 Å². The van der Waals surface area contributed by atoms with Gasteiger partial charge in [0.1, 0.15) is 0 Å². The number of hydrogen-bond donors (Lipinski definition) is 2. The Balaban J connectivity index is 2.00. The van der Waals surface area contributed by atoms with E-state index in [0.717, 1.165) is 18.7 Å². The first-order chi connectivity index (χ1) is 9.16. The van der Waals surface area contributed by atoms with Crippen LogP contribution in [-0.4, -0.2) is 43.1 Å². The predicted octanol–water partition coefficient (Wildman–Crippen LogP) is -0.0676. The van der Waals surface area contributed by atoms with Crippen LogP contribution in [0.5, 0.6) is 0 Å². The van der Waals surface area contributed by atoms with Crippen LogP contribution in [0, 0.1) is 0 Å². The predicted molar refractivity (Wildman–Crippen MR) is 72.7 cm³/mol. The highest BCUT2D eigenvalue weighted by molar-refractivity contribution is 5.92. The summed E-state index contributed by atoms with van der Waals surface area (Å²) in [6.07, 6.45) is 0. The lowest BCUT2D eigenvalue weighted by Crippen LogP contribution is -2.44. The van der Waals surface area contributed by atoms with E-state index in [1.807, 2.05) is 11.0 Å². The second-order valence-corrected chi connectivity index (χ2v) is 4.34. The van der Waals surface area contributed by atoms with E-state index in [1.165, 1.54) is 0 Å². The van der Waals surface area contributed by atoms with Gasteiger partial charge in [-0.3, -0.25) is 4.79 Å². The largest absolute Gasteiger partial charge is 0.378 e. The molecule has 1 amide bonds. The average Bonchev–Trinajstić information content (AvgIpc) is 2.46. The normalized spacial score (nSPS) is 16.4. The molecule has 0 saturated carbocycles. The molecule has 0 spiro atoms. The van der Waals surface area contributed by atoms with Crippen molar-refractivity contribution in [2.24, 2.45) is 16.5 Å². The molecule has 1 aliphatic rings. The second kappa shape index (κ2) is 6.19. The quantitative estimate of drug-likeness (QED) is 0.589. The molecule has 1 aliphatic heterocycles. The topological polar surface area (TPSA) is 93.9 Å². The van der Waals surface area contributed by atoms with Gasteiger partial charge in [-0.15, -0.1) is 0 Å². The van der Waals surface area contributed by atoms with Crippen molar-refractivity contribution in [1.82, 2.24) is 4.90 Å². The third kappa shape index (κ3) is 3.69. The number of benzene rings is 1. The van der Waals surface area contributed by atoms with Gasteiger partial charge < -0.3 is 21.1 Å². The smallest absolute Gasteiger partial charge is 0.248 e. The third-order valence-electron chi connectivity index (χ3n) is 2.97. The molecule has 2 rings (SSSR count). The number of nitrogens with two attached hydrogens (primary N) is 2. The zero-order valence-electron chi connectivity index (χ0n) is 10.7. The van der Waals surface area contributed by atoms with Crippen LogP contribution in [0.1, 0.15) is 15.9 Å². The Morgan fingerprint density at radius 1 is 1.32 bits per heavy atom. The van der Waals surface area contributed by atoms with Gasteiger partial charge >= 0.3 is 0 Å². The van der Waals surface area contributed by atoms with Crippen molar-refractivity contribution >= 4 is 11.9 Å². The van der Waals surface area contributed by atoms with Crippen LogP contribution >= 0.6 is 0 Å². The summed E-state index contributed by atoms with van der Waals surface area (Å²) in [6.45, 7) is 3.30. The summed E-state index contributed by atoms with van der Waals surface area (Å²) in [5.41, 5.74) is 12.6. The summed E-state index contributed by atoms with van der Waals surface area (Å²) in [7, 11) is 0. The van der Waals surface area contributed by atoms with E-state index in [-0.39, 0.29) is 0 Å². The summed E-state index contributed by atoms with van der Waals surface area (Å²) in [6, 6.07) is 7.09. The van der Waals surface area contributed by atoms with Gasteiger partial charge in [0.15, 0.2) is 5.96 Å². The number of rotatable bonds is 3. The van der Waals surface area contributed by atoms with E-state index in [4.69, 9.17) is 16.2 Å². The molecule has 0 aliphatic carbocycles. The Labute approximate surface area is 112 Å². The number of carbonyl (C=O) groups is 1. The lowest BCUT2D eigenvalue weighted by Gasteiger charge is -2.27. The number of carbonyl (C=O) groups excluding carboxylic acids is 1. The molecule has 19 heavy (non-hydrogen) atoms. The zero-order valence-corrected chi connectivity index (χ0v) is 10.7.